The number of hydrogen-bond donors (Lipinski definition) is 3. The third kappa shape index (κ3) is 3.82. The summed E-state index contributed by atoms with van der Waals surface area (Å²) < 4.78 is 1.67. The van der Waals surface area contributed by atoms with Gasteiger partial charge in [0, 0.05) is 13.2 Å². The molecule has 6 nitrogen and oxygen atoms in total. The van der Waals surface area contributed by atoms with Crippen LogP contribution in [0.3, 0.4) is 0 Å². The number of amides is 1. The van der Waals surface area contributed by atoms with Gasteiger partial charge in [-0.25, -0.2) is 0 Å². The second kappa shape index (κ2) is 6.41. The standard InChI is InChI=1S/C15H20N4O2/c1-3-13-14(9-19(2)18-13)17-15(21)12(16)8-10-4-6-11(20)7-5-10/h4-7,9,12,20H,3,8,16H2,1-2H3,(H,17,21). The Bertz CT molecular complexity index is 619. The van der Waals surface area contributed by atoms with Gasteiger partial charge in [0.05, 0.1) is 17.4 Å². The lowest BCUT2D eigenvalue weighted by molar-refractivity contribution is -0.117. The van der Waals surface area contributed by atoms with E-state index in [1.807, 2.05) is 14.0 Å². The van der Waals surface area contributed by atoms with Crippen molar-refractivity contribution in [3.05, 3.63) is 41.7 Å². The number of aromatic hydroxyl groups is 1. The first-order valence-corrected chi connectivity index (χ1v) is 6.86. The fourth-order valence-electron chi connectivity index (χ4n) is 2.10. The highest BCUT2D eigenvalue weighted by Gasteiger charge is 2.16. The van der Waals surface area contributed by atoms with Gasteiger partial charge < -0.3 is 16.2 Å². The minimum Gasteiger partial charge on any atom is -0.508 e. The van der Waals surface area contributed by atoms with Gasteiger partial charge in [0.2, 0.25) is 5.91 Å². The molecule has 6 heteroatoms. The van der Waals surface area contributed by atoms with Crippen LogP contribution in [0.25, 0.3) is 0 Å². The first-order chi connectivity index (χ1) is 9.99. The summed E-state index contributed by atoms with van der Waals surface area (Å²) in [6.45, 7) is 1.98. The molecule has 0 aliphatic carbocycles. The maximum absolute atomic E-state index is 12.1. The van der Waals surface area contributed by atoms with Gasteiger partial charge in [0.1, 0.15) is 5.75 Å². The van der Waals surface area contributed by atoms with E-state index in [2.05, 4.69) is 10.4 Å². The molecular weight excluding hydrogens is 268 g/mol. The Morgan fingerprint density at radius 3 is 2.71 bits per heavy atom. The lowest BCUT2D eigenvalue weighted by Gasteiger charge is -2.12. The van der Waals surface area contributed by atoms with Crippen LogP contribution >= 0.6 is 0 Å². The van der Waals surface area contributed by atoms with Crippen LogP contribution in [0.4, 0.5) is 5.69 Å². The van der Waals surface area contributed by atoms with Crippen LogP contribution in [0, 0.1) is 0 Å². The van der Waals surface area contributed by atoms with Gasteiger partial charge in [-0.2, -0.15) is 5.10 Å². The number of aryl methyl sites for hydroxylation is 2. The minimum atomic E-state index is -0.653. The van der Waals surface area contributed by atoms with Gasteiger partial charge in [-0.15, -0.1) is 0 Å². The maximum Gasteiger partial charge on any atom is 0.241 e. The van der Waals surface area contributed by atoms with E-state index in [-0.39, 0.29) is 11.7 Å². The van der Waals surface area contributed by atoms with E-state index in [1.54, 1.807) is 35.1 Å². The van der Waals surface area contributed by atoms with Crippen molar-refractivity contribution in [2.45, 2.75) is 25.8 Å². The van der Waals surface area contributed by atoms with Crippen molar-refractivity contribution in [2.75, 3.05) is 5.32 Å². The zero-order chi connectivity index (χ0) is 15.4. The fourth-order valence-corrected chi connectivity index (χ4v) is 2.10. The number of benzene rings is 1. The molecule has 1 unspecified atom stereocenters. The first kappa shape index (κ1) is 15.1. The Morgan fingerprint density at radius 1 is 1.43 bits per heavy atom. The van der Waals surface area contributed by atoms with Gasteiger partial charge in [-0.3, -0.25) is 9.48 Å². The average molecular weight is 288 g/mol. The van der Waals surface area contributed by atoms with E-state index in [4.69, 9.17) is 5.73 Å². The molecule has 4 N–H and O–H groups in total. The van der Waals surface area contributed by atoms with Crippen molar-refractivity contribution in [2.24, 2.45) is 12.8 Å². The summed E-state index contributed by atoms with van der Waals surface area (Å²) in [5.41, 5.74) is 8.37. The van der Waals surface area contributed by atoms with Crippen molar-refractivity contribution < 1.29 is 9.90 Å². The largest absolute Gasteiger partial charge is 0.508 e. The summed E-state index contributed by atoms with van der Waals surface area (Å²) in [6, 6.07) is 6.01. The van der Waals surface area contributed by atoms with Crippen LogP contribution in [-0.2, 0) is 24.7 Å². The monoisotopic (exact) mass is 288 g/mol. The topological polar surface area (TPSA) is 93.2 Å². The molecular formula is C15H20N4O2. The minimum absolute atomic E-state index is 0.194. The Labute approximate surface area is 123 Å². The molecule has 1 aromatic carbocycles. The van der Waals surface area contributed by atoms with Gasteiger partial charge >= 0.3 is 0 Å². The number of phenols is 1. The molecule has 0 saturated heterocycles. The molecule has 0 aliphatic rings. The molecule has 112 valence electrons. The van der Waals surface area contributed by atoms with Crippen LogP contribution in [-0.4, -0.2) is 26.8 Å². The summed E-state index contributed by atoms with van der Waals surface area (Å²) >= 11 is 0. The van der Waals surface area contributed by atoms with Gasteiger partial charge in [-0.1, -0.05) is 19.1 Å². The van der Waals surface area contributed by atoms with E-state index in [9.17, 15) is 9.90 Å². The number of nitrogens with two attached hydrogens (primary N) is 1. The molecule has 0 bridgehead atoms. The number of hydrogen-bond acceptors (Lipinski definition) is 4. The van der Waals surface area contributed by atoms with E-state index < -0.39 is 6.04 Å². The Morgan fingerprint density at radius 2 is 2.10 bits per heavy atom. The number of carbonyl (C=O) groups excluding carboxylic acids is 1. The van der Waals surface area contributed by atoms with Crippen molar-refractivity contribution in [3.63, 3.8) is 0 Å². The molecule has 0 saturated carbocycles. The highest BCUT2D eigenvalue weighted by atomic mass is 16.3. The number of rotatable bonds is 5. The summed E-state index contributed by atoms with van der Waals surface area (Å²) in [6.07, 6.45) is 2.92. The smallest absolute Gasteiger partial charge is 0.241 e. The SMILES string of the molecule is CCc1nn(C)cc1NC(=O)C(N)Cc1ccc(O)cc1. The van der Waals surface area contributed by atoms with Crippen molar-refractivity contribution in [1.29, 1.82) is 0 Å². The third-order valence-corrected chi connectivity index (χ3v) is 3.23. The molecule has 1 amide bonds. The maximum atomic E-state index is 12.1. The van der Waals surface area contributed by atoms with Crippen molar-refractivity contribution in [1.82, 2.24) is 9.78 Å². The lowest BCUT2D eigenvalue weighted by Crippen LogP contribution is -2.37. The Kier molecular flexibility index (Phi) is 4.59. The quantitative estimate of drug-likeness (QED) is 0.770. The van der Waals surface area contributed by atoms with E-state index in [0.29, 0.717) is 12.1 Å². The third-order valence-electron chi connectivity index (χ3n) is 3.23. The summed E-state index contributed by atoms with van der Waals surface area (Å²) in [5.74, 6) is -0.0505. The summed E-state index contributed by atoms with van der Waals surface area (Å²) in [7, 11) is 1.81. The zero-order valence-electron chi connectivity index (χ0n) is 12.2. The molecule has 0 aliphatic heterocycles. The van der Waals surface area contributed by atoms with E-state index >= 15 is 0 Å². The predicted molar refractivity (Wildman–Crippen MR) is 81.0 cm³/mol. The second-order valence-electron chi connectivity index (χ2n) is 4.98. The van der Waals surface area contributed by atoms with Gasteiger partial charge in [-0.05, 0) is 30.5 Å². The highest BCUT2D eigenvalue weighted by Crippen LogP contribution is 2.15. The predicted octanol–water partition coefficient (Wildman–Crippen LogP) is 1.20. The van der Waals surface area contributed by atoms with Crippen LogP contribution in [0.1, 0.15) is 18.2 Å². The molecule has 1 aromatic heterocycles. The lowest BCUT2D eigenvalue weighted by atomic mass is 10.1. The summed E-state index contributed by atoms with van der Waals surface area (Å²) in [5, 5.41) is 16.3. The van der Waals surface area contributed by atoms with Crippen LogP contribution < -0.4 is 11.1 Å². The van der Waals surface area contributed by atoms with Crippen molar-refractivity contribution >= 4 is 11.6 Å². The number of phenolic OH excluding ortho intramolecular Hbond substituents is 1. The van der Waals surface area contributed by atoms with Crippen LogP contribution in [0.2, 0.25) is 0 Å². The number of nitrogens with zero attached hydrogens (tertiary/aromatic N) is 2. The van der Waals surface area contributed by atoms with E-state index in [1.165, 1.54) is 0 Å². The molecule has 1 atom stereocenters. The molecule has 1 heterocycles. The van der Waals surface area contributed by atoms with E-state index in [0.717, 1.165) is 17.7 Å². The average Bonchev–Trinajstić information content (AvgIpc) is 2.81. The molecule has 21 heavy (non-hydrogen) atoms. The van der Waals surface area contributed by atoms with Crippen molar-refractivity contribution in [3.8, 4) is 5.75 Å². The van der Waals surface area contributed by atoms with Crippen LogP contribution in [0.5, 0.6) is 5.75 Å². The highest BCUT2D eigenvalue weighted by molar-refractivity contribution is 5.95. The Hall–Kier alpha value is -2.34. The van der Waals surface area contributed by atoms with Gasteiger partial charge in [0.15, 0.2) is 0 Å². The number of anilines is 1. The second-order valence-corrected chi connectivity index (χ2v) is 4.98. The summed E-state index contributed by atoms with van der Waals surface area (Å²) in [4.78, 5) is 12.1. The fraction of sp³-hybridized carbons (Fsp3) is 0.333. The zero-order valence-corrected chi connectivity index (χ0v) is 12.2. The number of carbonyl (C=O) groups is 1. The molecule has 0 fully saturated rings. The first-order valence-electron chi connectivity index (χ1n) is 6.86. The van der Waals surface area contributed by atoms with Gasteiger partial charge in [0.25, 0.3) is 0 Å². The normalized spacial score (nSPS) is 12.1. The molecule has 2 aromatic rings. The molecule has 0 radical (unpaired) electrons. The molecule has 2 rings (SSSR count). The molecule has 0 spiro atoms. The number of aromatic nitrogens is 2. The van der Waals surface area contributed by atoms with Crippen LogP contribution in [0.15, 0.2) is 30.5 Å². The Balaban J connectivity index is 2.00. The number of nitrogens with one attached hydrogen (secondary N) is 1.